The molecule has 4 heteroatoms. The molecule has 0 spiro atoms. The highest BCUT2D eigenvalue weighted by Crippen LogP contribution is 2.26. The minimum Gasteiger partial charge on any atom is -0.378 e. The Kier molecular flexibility index (Phi) is 3.97. The van der Waals surface area contributed by atoms with Gasteiger partial charge in [-0.3, -0.25) is 9.69 Å². The van der Waals surface area contributed by atoms with Crippen LogP contribution in [0.2, 0.25) is 0 Å². The topological polar surface area (TPSA) is 32.8 Å². The lowest BCUT2D eigenvalue weighted by molar-refractivity contribution is -0.149. The molecule has 0 radical (unpaired) electrons. The van der Waals surface area contributed by atoms with Crippen LogP contribution >= 0.6 is 0 Å². The molecule has 2 aliphatic rings. The van der Waals surface area contributed by atoms with Crippen molar-refractivity contribution in [2.24, 2.45) is 5.92 Å². The second-order valence-electron chi connectivity index (χ2n) is 6.53. The Morgan fingerprint density at radius 1 is 1.17 bits per heavy atom. The predicted octanol–water partition coefficient (Wildman–Crippen LogP) is 1.35. The van der Waals surface area contributed by atoms with Crippen LogP contribution in [0.15, 0.2) is 0 Å². The van der Waals surface area contributed by atoms with Gasteiger partial charge in [-0.2, -0.15) is 0 Å². The Labute approximate surface area is 110 Å². The van der Waals surface area contributed by atoms with Crippen LogP contribution in [-0.4, -0.2) is 60.6 Å². The van der Waals surface area contributed by atoms with Crippen LogP contribution in [0.1, 0.15) is 33.6 Å². The second kappa shape index (κ2) is 5.17. The minimum atomic E-state index is 0.228. The molecule has 0 aliphatic carbocycles. The fraction of sp³-hybridized carbons (Fsp3) is 0.929. The van der Waals surface area contributed by atoms with Crippen molar-refractivity contribution >= 4 is 5.91 Å². The van der Waals surface area contributed by atoms with E-state index < -0.39 is 0 Å². The molecule has 0 N–H and O–H groups in total. The van der Waals surface area contributed by atoms with Gasteiger partial charge in [-0.25, -0.2) is 0 Å². The standard InChI is InChI=1S/C14H26N2O2/c1-14(2,3)16-7-5-11(6-8-16)13(17)15-9-12(10-15)18-4/h11-12H,5-10H2,1-4H3. The van der Waals surface area contributed by atoms with Gasteiger partial charge >= 0.3 is 0 Å². The van der Waals surface area contributed by atoms with Crippen molar-refractivity contribution in [3.05, 3.63) is 0 Å². The van der Waals surface area contributed by atoms with Crippen LogP contribution in [0.3, 0.4) is 0 Å². The third-order valence-corrected chi connectivity index (χ3v) is 4.29. The molecule has 0 unspecified atom stereocenters. The van der Waals surface area contributed by atoms with E-state index in [1.165, 1.54) is 0 Å². The van der Waals surface area contributed by atoms with Gasteiger partial charge in [0, 0.05) is 31.7 Å². The number of ether oxygens (including phenoxy) is 1. The van der Waals surface area contributed by atoms with Crippen LogP contribution in [0.5, 0.6) is 0 Å². The molecule has 1 amide bonds. The average Bonchev–Trinajstić information content (AvgIpc) is 2.26. The van der Waals surface area contributed by atoms with E-state index in [1.54, 1.807) is 7.11 Å². The van der Waals surface area contributed by atoms with Gasteiger partial charge in [-0.15, -0.1) is 0 Å². The van der Waals surface area contributed by atoms with Crippen molar-refractivity contribution in [3.8, 4) is 0 Å². The monoisotopic (exact) mass is 254 g/mol. The van der Waals surface area contributed by atoms with Gasteiger partial charge in [0.05, 0.1) is 6.10 Å². The van der Waals surface area contributed by atoms with Crippen LogP contribution < -0.4 is 0 Å². The zero-order valence-electron chi connectivity index (χ0n) is 12.1. The van der Waals surface area contributed by atoms with Crippen molar-refractivity contribution in [1.29, 1.82) is 0 Å². The SMILES string of the molecule is COC1CN(C(=O)C2CCN(C(C)(C)C)CC2)C1. The van der Waals surface area contributed by atoms with Crippen molar-refractivity contribution in [2.45, 2.75) is 45.3 Å². The zero-order valence-corrected chi connectivity index (χ0v) is 12.1. The summed E-state index contributed by atoms with van der Waals surface area (Å²) in [6.45, 7) is 10.4. The van der Waals surface area contributed by atoms with Gasteiger partial charge in [0.25, 0.3) is 0 Å². The molecule has 0 saturated carbocycles. The largest absolute Gasteiger partial charge is 0.378 e. The Balaban J connectivity index is 1.78. The van der Waals surface area contributed by atoms with E-state index in [-0.39, 0.29) is 17.6 Å². The summed E-state index contributed by atoms with van der Waals surface area (Å²) in [5.41, 5.74) is 0.228. The van der Waals surface area contributed by atoms with Crippen LogP contribution in [-0.2, 0) is 9.53 Å². The lowest BCUT2D eigenvalue weighted by Crippen LogP contribution is -2.57. The number of piperidine rings is 1. The fourth-order valence-corrected chi connectivity index (χ4v) is 2.82. The maximum atomic E-state index is 12.3. The predicted molar refractivity (Wildman–Crippen MR) is 71.4 cm³/mol. The van der Waals surface area contributed by atoms with Crippen LogP contribution in [0.4, 0.5) is 0 Å². The summed E-state index contributed by atoms with van der Waals surface area (Å²) in [6.07, 6.45) is 2.28. The van der Waals surface area contributed by atoms with E-state index in [0.29, 0.717) is 5.91 Å². The zero-order chi connectivity index (χ0) is 13.3. The van der Waals surface area contributed by atoms with E-state index >= 15 is 0 Å². The van der Waals surface area contributed by atoms with Crippen molar-refractivity contribution in [2.75, 3.05) is 33.3 Å². The van der Waals surface area contributed by atoms with E-state index in [1.807, 2.05) is 4.90 Å². The molecule has 0 bridgehead atoms. The van der Waals surface area contributed by atoms with Gasteiger partial charge in [0.15, 0.2) is 0 Å². The Morgan fingerprint density at radius 2 is 1.72 bits per heavy atom. The first kappa shape index (κ1) is 13.8. The molecule has 2 fully saturated rings. The van der Waals surface area contributed by atoms with Gasteiger partial charge in [0.2, 0.25) is 5.91 Å². The summed E-state index contributed by atoms with van der Waals surface area (Å²) in [4.78, 5) is 16.7. The highest BCUT2D eigenvalue weighted by atomic mass is 16.5. The van der Waals surface area contributed by atoms with Crippen molar-refractivity contribution < 1.29 is 9.53 Å². The molecule has 0 aromatic heterocycles. The van der Waals surface area contributed by atoms with Crippen LogP contribution in [0.25, 0.3) is 0 Å². The summed E-state index contributed by atoms with van der Waals surface area (Å²) in [7, 11) is 1.72. The summed E-state index contributed by atoms with van der Waals surface area (Å²) in [6, 6.07) is 0. The molecular weight excluding hydrogens is 228 g/mol. The smallest absolute Gasteiger partial charge is 0.225 e. The molecule has 2 rings (SSSR count). The lowest BCUT2D eigenvalue weighted by Gasteiger charge is -2.44. The van der Waals surface area contributed by atoms with E-state index in [9.17, 15) is 4.79 Å². The summed E-state index contributed by atoms with van der Waals surface area (Å²) >= 11 is 0. The third-order valence-electron chi connectivity index (χ3n) is 4.29. The minimum absolute atomic E-state index is 0.228. The molecule has 0 aromatic carbocycles. The molecular formula is C14H26N2O2. The molecule has 0 aromatic rings. The number of carbonyl (C=O) groups excluding carboxylic acids is 1. The number of hydrogen-bond donors (Lipinski definition) is 0. The maximum Gasteiger partial charge on any atom is 0.225 e. The van der Waals surface area contributed by atoms with Gasteiger partial charge in [-0.1, -0.05) is 0 Å². The second-order valence-corrected chi connectivity index (χ2v) is 6.53. The first-order valence-corrected chi connectivity index (χ1v) is 6.98. The number of carbonyl (C=O) groups is 1. The first-order valence-electron chi connectivity index (χ1n) is 6.98. The van der Waals surface area contributed by atoms with Gasteiger partial charge < -0.3 is 9.64 Å². The third kappa shape index (κ3) is 2.86. The highest BCUT2D eigenvalue weighted by Gasteiger charge is 2.37. The number of nitrogens with zero attached hydrogens (tertiary/aromatic N) is 2. The van der Waals surface area contributed by atoms with Crippen molar-refractivity contribution in [3.63, 3.8) is 0 Å². The number of likely N-dealkylation sites (tertiary alicyclic amines) is 2. The summed E-state index contributed by atoms with van der Waals surface area (Å²) < 4.78 is 5.21. The van der Waals surface area contributed by atoms with E-state index in [2.05, 4.69) is 25.7 Å². The van der Waals surface area contributed by atoms with Gasteiger partial charge in [0.1, 0.15) is 0 Å². The fourth-order valence-electron chi connectivity index (χ4n) is 2.82. The molecule has 4 nitrogen and oxygen atoms in total. The maximum absolute atomic E-state index is 12.3. The Bertz CT molecular complexity index is 297. The molecule has 2 saturated heterocycles. The summed E-state index contributed by atoms with van der Waals surface area (Å²) in [5, 5.41) is 0. The molecule has 0 atom stereocenters. The van der Waals surface area contributed by atoms with Crippen LogP contribution in [0, 0.1) is 5.92 Å². The Hall–Kier alpha value is -0.610. The van der Waals surface area contributed by atoms with Gasteiger partial charge in [-0.05, 0) is 46.7 Å². The lowest BCUT2D eigenvalue weighted by atomic mass is 9.91. The number of methoxy groups -OCH3 is 1. The molecule has 2 aliphatic heterocycles. The molecule has 104 valence electrons. The Morgan fingerprint density at radius 3 is 2.17 bits per heavy atom. The number of rotatable bonds is 2. The van der Waals surface area contributed by atoms with E-state index in [0.717, 1.165) is 39.0 Å². The highest BCUT2D eigenvalue weighted by molar-refractivity contribution is 5.79. The first-order chi connectivity index (χ1) is 8.41. The number of hydrogen-bond acceptors (Lipinski definition) is 3. The average molecular weight is 254 g/mol. The quantitative estimate of drug-likeness (QED) is 0.746. The summed E-state index contributed by atoms with van der Waals surface area (Å²) in [5.74, 6) is 0.582. The molecule has 2 heterocycles. The van der Waals surface area contributed by atoms with Crippen molar-refractivity contribution in [1.82, 2.24) is 9.80 Å². The molecule has 18 heavy (non-hydrogen) atoms. The van der Waals surface area contributed by atoms with E-state index in [4.69, 9.17) is 4.74 Å². The number of amides is 1. The normalized spacial score (nSPS) is 24.1.